The van der Waals surface area contributed by atoms with Gasteiger partial charge in [0.2, 0.25) is 0 Å². The Morgan fingerprint density at radius 1 is 1.30 bits per heavy atom. The maximum absolute atomic E-state index is 12.4. The number of nitro benzene ring substituents is 1. The number of ether oxygens (including phenoxy) is 1. The van der Waals surface area contributed by atoms with Crippen molar-refractivity contribution in [3.05, 3.63) is 45.1 Å². The molecule has 2 aromatic heterocycles. The van der Waals surface area contributed by atoms with Crippen LogP contribution in [-0.2, 0) is 11.3 Å². The fourth-order valence-electron chi connectivity index (χ4n) is 2.98. The first-order chi connectivity index (χ1) is 15.9. The number of benzene rings is 1. The quantitative estimate of drug-likeness (QED) is 0.128. The molecule has 0 spiro atoms. The highest BCUT2D eigenvalue weighted by molar-refractivity contribution is 7.99. The number of carbonyl (C=O) groups is 1. The van der Waals surface area contributed by atoms with Crippen LogP contribution in [0.4, 0.5) is 11.5 Å². The molecule has 3 rings (SSSR count). The minimum atomic E-state index is -0.624. The maximum Gasteiger partial charge on any atom is 0.288 e. The number of nitrogens with zero attached hydrogens (tertiary/aromatic N) is 5. The minimum absolute atomic E-state index is 0.0225. The van der Waals surface area contributed by atoms with Crippen molar-refractivity contribution in [2.24, 2.45) is 0 Å². The van der Waals surface area contributed by atoms with Crippen molar-refractivity contribution in [2.75, 3.05) is 37.4 Å². The Balaban J connectivity index is 1.71. The van der Waals surface area contributed by atoms with Crippen molar-refractivity contribution >= 4 is 51.8 Å². The molecular formula is C20H24ClN7O4S. The third-order valence-corrected chi connectivity index (χ3v) is 5.56. The number of hydrogen-bond donors (Lipinski definition) is 2. The molecule has 0 aliphatic rings. The van der Waals surface area contributed by atoms with Crippen LogP contribution < -0.4 is 10.6 Å². The predicted octanol–water partition coefficient (Wildman–Crippen LogP) is 3.38. The largest absolute Gasteiger partial charge is 0.380 e. The number of thioether (sulfide) groups is 1. The molecule has 11 nitrogen and oxygen atoms in total. The topological polar surface area (TPSA) is 137 Å². The van der Waals surface area contributed by atoms with E-state index in [1.807, 2.05) is 13.8 Å². The third-order valence-electron chi connectivity index (χ3n) is 4.51. The number of rotatable bonds is 12. The van der Waals surface area contributed by atoms with Gasteiger partial charge in [-0.15, -0.1) is 0 Å². The number of anilines is 1. The van der Waals surface area contributed by atoms with Gasteiger partial charge in [-0.2, -0.15) is 5.10 Å². The molecular weight excluding hydrogens is 470 g/mol. The summed E-state index contributed by atoms with van der Waals surface area (Å²) in [6, 6.07) is 3.93. The fraction of sp³-hybridized carbons (Fsp3) is 0.400. The first-order valence-electron chi connectivity index (χ1n) is 10.3. The van der Waals surface area contributed by atoms with Gasteiger partial charge in [0.15, 0.2) is 10.8 Å². The molecule has 2 N–H and O–H groups in total. The lowest BCUT2D eigenvalue weighted by Gasteiger charge is -2.10. The maximum atomic E-state index is 12.4. The zero-order chi connectivity index (χ0) is 23.8. The van der Waals surface area contributed by atoms with Crippen molar-refractivity contribution in [2.45, 2.75) is 25.5 Å². The van der Waals surface area contributed by atoms with Gasteiger partial charge >= 0.3 is 0 Å². The van der Waals surface area contributed by atoms with Crippen LogP contribution in [-0.4, -0.2) is 62.6 Å². The number of nitrogens with one attached hydrogen (secondary N) is 2. The first-order valence-corrected chi connectivity index (χ1v) is 11.7. The van der Waals surface area contributed by atoms with Gasteiger partial charge in [-0.3, -0.25) is 14.9 Å². The molecule has 0 aliphatic carbocycles. The highest BCUT2D eigenvalue weighted by Crippen LogP contribution is 2.25. The van der Waals surface area contributed by atoms with E-state index in [9.17, 15) is 14.9 Å². The highest BCUT2D eigenvalue weighted by atomic mass is 35.5. The third kappa shape index (κ3) is 6.30. The fourth-order valence-corrected chi connectivity index (χ4v) is 3.74. The van der Waals surface area contributed by atoms with E-state index < -0.39 is 10.8 Å². The van der Waals surface area contributed by atoms with Gasteiger partial charge in [0.25, 0.3) is 11.6 Å². The lowest BCUT2D eigenvalue weighted by Crippen LogP contribution is -2.27. The van der Waals surface area contributed by atoms with Crippen molar-refractivity contribution < 1.29 is 14.5 Å². The van der Waals surface area contributed by atoms with Crippen LogP contribution in [0.25, 0.3) is 11.0 Å². The molecule has 0 saturated carbocycles. The zero-order valence-electron chi connectivity index (χ0n) is 18.2. The van der Waals surface area contributed by atoms with E-state index in [1.54, 1.807) is 10.9 Å². The summed E-state index contributed by atoms with van der Waals surface area (Å²) in [6.07, 6.45) is 1.68. The van der Waals surface area contributed by atoms with E-state index in [4.69, 9.17) is 16.3 Å². The van der Waals surface area contributed by atoms with Gasteiger partial charge in [-0.1, -0.05) is 30.3 Å². The zero-order valence-corrected chi connectivity index (χ0v) is 19.8. The predicted molar refractivity (Wildman–Crippen MR) is 127 cm³/mol. The molecule has 0 atom stereocenters. The van der Waals surface area contributed by atoms with E-state index >= 15 is 0 Å². The molecule has 176 valence electrons. The van der Waals surface area contributed by atoms with E-state index in [0.717, 1.165) is 17.2 Å². The average Bonchev–Trinajstić information content (AvgIpc) is 3.20. The van der Waals surface area contributed by atoms with Gasteiger partial charge in [0.05, 0.1) is 29.7 Å². The molecule has 1 amide bonds. The molecule has 2 heterocycles. The second kappa shape index (κ2) is 11.8. The van der Waals surface area contributed by atoms with Crippen LogP contribution in [0.5, 0.6) is 0 Å². The van der Waals surface area contributed by atoms with Crippen LogP contribution in [0.15, 0.2) is 29.6 Å². The van der Waals surface area contributed by atoms with Crippen LogP contribution >= 0.6 is 23.4 Å². The summed E-state index contributed by atoms with van der Waals surface area (Å²) in [5, 5.41) is 22.8. The number of nitro groups is 1. The number of halogens is 1. The molecule has 0 radical (unpaired) electrons. The molecule has 0 bridgehead atoms. The Morgan fingerprint density at radius 3 is 2.85 bits per heavy atom. The van der Waals surface area contributed by atoms with Crippen molar-refractivity contribution in [3.63, 3.8) is 0 Å². The molecule has 33 heavy (non-hydrogen) atoms. The van der Waals surface area contributed by atoms with Crippen LogP contribution in [0, 0.1) is 10.1 Å². The number of fused-ring (bicyclic) bond motifs is 1. The van der Waals surface area contributed by atoms with Gasteiger partial charge in [-0.05, 0) is 24.8 Å². The van der Waals surface area contributed by atoms with Gasteiger partial charge in [0.1, 0.15) is 10.8 Å². The molecule has 3 aromatic rings. The smallest absolute Gasteiger partial charge is 0.288 e. The van der Waals surface area contributed by atoms with Gasteiger partial charge < -0.3 is 15.4 Å². The summed E-state index contributed by atoms with van der Waals surface area (Å²) in [6.45, 7) is 6.37. The van der Waals surface area contributed by atoms with Gasteiger partial charge in [-0.25, -0.2) is 14.6 Å². The van der Waals surface area contributed by atoms with Crippen LogP contribution in [0.2, 0.25) is 5.02 Å². The van der Waals surface area contributed by atoms with Crippen molar-refractivity contribution in [3.8, 4) is 0 Å². The summed E-state index contributed by atoms with van der Waals surface area (Å²) in [4.78, 5) is 32.0. The molecule has 13 heteroatoms. The van der Waals surface area contributed by atoms with Crippen LogP contribution in [0.3, 0.4) is 0 Å². The monoisotopic (exact) mass is 493 g/mol. The lowest BCUT2D eigenvalue weighted by molar-refractivity contribution is -0.384. The summed E-state index contributed by atoms with van der Waals surface area (Å²) in [5.74, 6) is 1.06. The first kappa shape index (κ1) is 24.7. The Labute approximate surface area is 199 Å². The normalized spacial score (nSPS) is 11.0. The second-order valence-corrected chi connectivity index (χ2v) is 8.33. The Hall–Kier alpha value is -2.96. The van der Waals surface area contributed by atoms with E-state index in [-0.39, 0.29) is 22.8 Å². The number of aromatic nitrogens is 4. The lowest BCUT2D eigenvalue weighted by atomic mass is 10.2. The standard InChI is InChI=1S/C20H24ClN7O4S/c1-3-32-10-8-22-17-14-12-24-27(18(14)26-20(25-17)33-4-2)9-7-23-19(29)13-5-6-15(21)16(11-13)28(30)31/h5-6,11-12H,3-4,7-10H2,1-2H3,(H,23,29)(H,22,25,26). The molecule has 0 saturated heterocycles. The molecule has 0 aliphatic heterocycles. The highest BCUT2D eigenvalue weighted by Gasteiger charge is 2.17. The number of amides is 1. The second-order valence-electron chi connectivity index (χ2n) is 6.70. The van der Waals surface area contributed by atoms with Crippen LogP contribution in [0.1, 0.15) is 24.2 Å². The van der Waals surface area contributed by atoms with Crippen molar-refractivity contribution in [1.29, 1.82) is 0 Å². The van der Waals surface area contributed by atoms with E-state index in [1.165, 1.54) is 23.9 Å². The van der Waals surface area contributed by atoms with Gasteiger partial charge in [0, 0.05) is 31.3 Å². The molecule has 0 fully saturated rings. The average molecular weight is 494 g/mol. The van der Waals surface area contributed by atoms with E-state index in [2.05, 4.69) is 25.7 Å². The Morgan fingerprint density at radius 2 is 2.12 bits per heavy atom. The Kier molecular flexibility index (Phi) is 8.80. The summed E-state index contributed by atoms with van der Waals surface area (Å²) < 4.78 is 7.06. The number of hydrogen-bond acceptors (Lipinski definition) is 9. The van der Waals surface area contributed by atoms with E-state index in [0.29, 0.717) is 42.9 Å². The minimum Gasteiger partial charge on any atom is -0.380 e. The summed E-state index contributed by atoms with van der Waals surface area (Å²) in [7, 11) is 0. The molecule has 1 aromatic carbocycles. The van der Waals surface area contributed by atoms with Crippen molar-refractivity contribution in [1.82, 2.24) is 25.1 Å². The Bertz CT molecular complexity index is 1140. The summed E-state index contributed by atoms with van der Waals surface area (Å²) >= 11 is 7.33. The molecule has 0 unspecified atom stereocenters. The SMILES string of the molecule is CCOCCNc1nc(SCC)nc2c1cnn2CCNC(=O)c1ccc(Cl)c([N+](=O)[O-])c1. The summed E-state index contributed by atoms with van der Waals surface area (Å²) in [5.41, 5.74) is 0.488. The number of carbonyl (C=O) groups excluding carboxylic acids is 1.